The molecule has 1 fully saturated rings. The zero-order chi connectivity index (χ0) is 20.4. The zero-order valence-electron chi connectivity index (χ0n) is 16.2. The molecule has 4 rings (SSSR count). The number of halogens is 1. The molecule has 1 aliphatic heterocycles. The lowest BCUT2D eigenvalue weighted by atomic mass is 10.2. The molecule has 1 unspecified atom stereocenters. The summed E-state index contributed by atoms with van der Waals surface area (Å²) in [7, 11) is 0. The Balaban J connectivity index is 1.46. The summed E-state index contributed by atoms with van der Waals surface area (Å²) < 4.78 is 5.88. The predicted octanol–water partition coefficient (Wildman–Crippen LogP) is 4.64. The fraction of sp³-hybridized carbons (Fsp3) is 0.286. The van der Waals surface area contributed by atoms with Crippen LogP contribution in [0.3, 0.4) is 0 Å². The number of nitrogens with zero attached hydrogens (tertiary/aromatic N) is 4. The third-order valence-electron chi connectivity index (χ3n) is 4.87. The number of hydrogen-bond acceptors (Lipinski definition) is 6. The average molecular weight is 429 g/mol. The maximum atomic E-state index is 12.7. The fourth-order valence-corrected chi connectivity index (χ4v) is 4.20. The van der Waals surface area contributed by atoms with Crippen molar-refractivity contribution in [3.8, 4) is 11.6 Å². The monoisotopic (exact) mass is 428 g/mol. The molecule has 1 saturated heterocycles. The van der Waals surface area contributed by atoms with Crippen LogP contribution in [0.4, 0.5) is 5.82 Å². The van der Waals surface area contributed by atoms with Gasteiger partial charge in [0.2, 0.25) is 5.88 Å². The number of aromatic nitrogens is 2. The average Bonchev–Trinajstić information content (AvgIpc) is 3.25. The third-order valence-corrected chi connectivity index (χ3v) is 6.04. The van der Waals surface area contributed by atoms with Crippen molar-refractivity contribution in [1.29, 1.82) is 0 Å². The van der Waals surface area contributed by atoms with Gasteiger partial charge in [0.15, 0.2) is 0 Å². The van der Waals surface area contributed by atoms with Crippen LogP contribution in [-0.2, 0) is 0 Å². The first kappa shape index (κ1) is 19.7. The highest BCUT2D eigenvalue weighted by Crippen LogP contribution is 2.30. The van der Waals surface area contributed by atoms with E-state index in [1.807, 2.05) is 47.5 Å². The van der Waals surface area contributed by atoms with Crippen molar-refractivity contribution >= 4 is 34.7 Å². The van der Waals surface area contributed by atoms with Gasteiger partial charge >= 0.3 is 0 Å². The van der Waals surface area contributed by atoms with Gasteiger partial charge in [0.05, 0.1) is 9.90 Å². The molecule has 0 spiro atoms. The number of rotatable bonds is 4. The lowest BCUT2D eigenvalue weighted by molar-refractivity contribution is 0.0678. The first-order chi connectivity index (χ1) is 14.0. The van der Waals surface area contributed by atoms with E-state index in [1.54, 1.807) is 6.07 Å². The molecule has 0 aliphatic carbocycles. The Morgan fingerprint density at radius 2 is 2.10 bits per heavy atom. The Kier molecular flexibility index (Phi) is 5.69. The van der Waals surface area contributed by atoms with Gasteiger partial charge in [-0.25, -0.2) is 9.97 Å². The van der Waals surface area contributed by atoms with Crippen molar-refractivity contribution in [2.24, 2.45) is 0 Å². The molecule has 0 N–H and O–H groups in total. The van der Waals surface area contributed by atoms with Crippen molar-refractivity contribution in [2.45, 2.75) is 19.9 Å². The summed E-state index contributed by atoms with van der Waals surface area (Å²) in [4.78, 5) is 26.2. The Bertz CT molecular complexity index is 1010. The van der Waals surface area contributed by atoms with E-state index in [0.29, 0.717) is 36.3 Å². The summed E-state index contributed by atoms with van der Waals surface area (Å²) in [5, 5.41) is 2.46. The first-order valence-electron chi connectivity index (χ1n) is 9.37. The van der Waals surface area contributed by atoms with E-state index in [4.69, 9.17) is 16.3 Å². The number of aryl methyl sites for hydroxylation is 1. The topological polar surface area (TPSA) is 58.6 Å². The second-order valence-corrected chi connectivity index (χ2v) is 8.38. The molecule has 3 aromatic rings. The Morgan fingerprint density at radius 3 is 2.86 bits per heavy atom. The highest BCUT2D eigenvalue weighted by Gasteiger charge is 2.29. The molecule has 1 amide bonds. The maximum Gasteiger partial charge on any atom is 0.264 e. The number of piperazine rings is 1. The van der Waals surface area contributed by atoms with Gasteiger partial charge in [0, 0.05) is 31.7 Å². The number of carbonyl (C=O) groups is 1. The number of ether oxygens (including phenoxy) is 1. The molecular formula is C21H21ClN4O2S. The van der Waals surface area contributed by atoms with E-state index < -0.39 is 0 Å². The molecule has 1 aliphatic rings. The van der Waals surface area contributed by atoms with Crippen LogP contribution in [0.25, 0.3) is 0 Å². The first-order valence-corrected chi connectivity index (χ1v) is 10.6. The molecule has 6 nitrogen and oxygen atoms in total. The number of anilines is 1. The van der Waals surface area contributed by atoms with Gasteiger partial charge in [-0.3, -0.25) is 4.79 Å². The van der Waals surface area contributed by atoms with Crippen molar-refractivity contribution in [3.05, 3.63) is 63.6 Å². The number of carbonyl (C=O) groups excluding carboxylic acids is 1. The molecule has 0 radical (unpaired) electrons. The minimum absolute atomic E-state index is 0.0731. The van der Waals surface area contributed by atoms with E-state index in [1.165, 1.54) is 17.7 Å². The van der Waals surface area contributed by atoms with E-state index >= 15 is 0 Å². The molecule has 150 valence electrons. The van der Waals surface area contributed by atoms with Gasteiger partial charge in [-0.1, -0.05) is 23.7 Å². The molecule has 1 atom stereocenters. The molecule has 0 saturated carbocycles. The molecule has 8 heteroatoms. The van der Waals surface area contributed by atoms with Crippen LogP contribution in [0, 0.1) is 6.92 Å². The smallest absolute Gasteiger partial charge is 0.264 e. The van der Waals surface area contributed by atoms with Crippen molar-refractivity contribution in [2.75, 3.05) is 24.5 Å². The van der Waals surface area contributed by atoms with Gasteiger partial charge in [-0.15, -0.1) is 11.3 Å². The number of benzene rings is 1. The lowest BCUT2D eigenvalue weighted by Crippen LogP contribution is -2.54. The summed E-state index contributed by atoms with van der Waals surface area (Å²) >= 11 is 7.70. The minimum Gasteiger partial charge on any atom is -0.437 e. The second kappa shape index (κ2) is 8.39. The van der Waals surface area contributed by atoms with Gasteiger partial charge in [-0.05, 0) is 43.0 Å². The van der Waals surface area contributed by atoms with Crippen LogP contribution < -0.4 is 9.64 Å². The summed E-state index contributed by atoms with van der Waals surface area (Å²) in [6.45, 7) is 6.07. The Morgan fingerprint density at radius 1 is 1.24 bits per heavy atom. The standard InChI is InChI=1S/C21H21ClN4O2S/c1-14-5-6-16(22)17(10-14)28-20-11-19(23-13-24-20)25-7-8-26(15(2)12-25)21(27)18-4-3-9-29-18/h3-6,9-11,13,15H,7-8,12H2,1-2H3. The normalized spacial score (nSPS) is 16.7. The van der Waals surface area contributed by atoms with Crippen molar-refractivity contribution in [1.82, 2.24) is 14.9 Å². The van der Waals surface area contributed by atoms with Crippen molar-refractivity contribution < 1.29 is 9.53 Å². The number of thiophene rings is 1. The van der Waals surface area contributed by atoms with E-state index in [0.717, 1.165) is 16.3 Å². The zero-order valence-corrected chi connectivity index (χ0v) is 17.8. The van der Waals surface area contributed by atoms with Gasteiger partial charge in [0.1, 0.15) is 17.9 Å². The van der Waals surface area contributed by atoms with E-state index in [-0.39, 0.29) is 11.9 Å². The Labute approximate surface area is 178 Å². The number of amides is 1. The van der Waals surface area contributed by atoms with Gasteiger partial charge in [0.25, 0.3) is 5.91 Å². The fourth-order valence-electron chi connectivity index (χ4n) is 3.37. The second-order valence-electron chi connectivity index (χ2n) is 7.02. The van der Waals surface area contributed by atoms with Gasteiger partial charge < -0.3 is 14.5 Å². The molecule has 29 heavy (non-hydrogen) atoms. The van der Waals surface area contributed by atoms with Crippen LogP contribution in [0.1, 0.15) is 22.2 Å². The van der Waals surface area contributed by atoms with Crippen LogP contribution in [0.15, 0.2) is 48.1 Å². The number of hydrogen-bond donors (Lipinski definition) is 0. The van der Waals surface area contributed by atoms with Gasteiger partial charge in [-0.2, -0.15) is 0 Å². The summed E-state index contributed by atoms with van der Waals surface area (Å²) in [6, 6.07) is 11.3. The summed E-state index contributed by atoms with van der Waals surface area (Å²) in [5.74, 6) is 1.87. The highest BCUT2D eigenvalue weighted by atomic mass is 35.5. The van der Waals surface area contributed by atoms with Crippen LogP contribution in [-0.4, -0.2) is 46.5 Å². The summed E-state index contributed by atoms with van der Waals surface area (Å²) in [6.07, 6.45) is 1.49. The predicted molar refractivity (Wildman–Crippen MR) is 115 cm³/mol. The molecule has 1 aromatic carbocycles. The Hall–Kier alpha value is -2.64. The molecular weight excluding hydrogens is 408 g/mol. The largest absolute Gasteiger partial charge is 0.437 e. The van der Waals surface area contributed by atoms with Crippen LogP contribution >= 0.6 is 22.9 Å². The van der Waals surface area contributed by atoms with Crippen LogP contribution in [0.5, 0.6) is 11.6 Å². The summed E-state index contributed by atoms with van der Waals surface area (Å²) in [5.41, 5.74) is 1.05. The van der Waals surface area contributed by atoms with E-state index in [2.05, 4.69) is 21.8 Å². The molecule has 3 heterocycles. The molecule has 0 bridgehead atoms. The SMILES string of the molecule is Cc1ccc(Cl)c(Oc2cc(N3CCN(C(=O)c4cccs4)C(C)C3)ncn2)c1. The minimum atomic E-state index is 0.0731. The van der Waals surface area contributed by atoms with Crippen molar-refractivity contribution in [3.63, 3.8) is 0 Å². The highest BCUT2D eigenvalue weighted by molar-refractivity contribution is 7.12. The quantitative estimate of drug-likeness (QED) is 0.605. The molecule has 2 aromatic heterocycles. The third kappa shape index (κ3) is 4.36. The maximum absolute atomic E-state index is 12.7. The van der Waals surface area contributed by atoms with E-state index in [9.17, 15) is 4.79 Å². The lowest BCUT2D eigenvalue weighted by Gasteiger charge is -2.40. The van der Waals surface area contributed by atoms with Crippen LogP contribution in [0.2, 0.25) is 5.02 Å².